The minimum Gasteiger partial charge on any atom is -0.494 e. The summed E-state index contributed by atoms with van der Waals surface area (Å²) >= 11 is 5.99. The summed E-state index contributed by atoms with van der Waals surface area (Å²) in [6, 6.07) is 26.9. The molecule has 0 bridgehead atoms. The molecule has 1 aliphatic rings. The van der Waals surface area contributed by atoms with E-state index < -0.39 is 11.9 Å². The van der Waals surface area contributed by atoms with E-state index in [-0.39, 0.29) is 17.2 Å². The predicted molar refractivity (Wildman–Crippen MR) is 171 cm³/mol. The van der Waals surface area contributed by atoms with Crippen molar-refractivity contribution in [3.8, 4) is 34.8 Å². The highest BCUT2D eigenvalue weighted by atomic mass is 35.5. The fraction of sp³-hybridized carbons (Fsp3) is 0.222. The van der Waals surface area contributed by atoms with Crippen molar-refractivity contribution in [2.24, 2.45) is 5.73 Å². The fourth-order valence-corrected chi connectivity index (χ4v) is 5.09. The zero-order valence-corrected chi connectivity index (χ0v) is 25.8. The Hall–Kier alpha value is -5.13. The van der Waals surface area contributed by atoms with Crippen LogP contribution in [-0.2, 0) is 6.61 Å². The van der Waals surface area contributed by atoms with Crippen molar-refractivity contribution in [1.29, 1.82) is 5.26 Å². The van der Waals surface area contributed by atoms with E-state index in [4.69, 9.17) is 41.0 Å². The number of hydrogen-bond acceptors (Lipinski definition) is 8. The fourth-order valence-electron chi connectivity index (χ4n) is 4.96. The van der Waals surface area contributed by atoms with Crippen LogP contribution in [0.4, 0.5) is 0 Å². The normalized spacial score (nSPS) is 13.7. The summed E-state index contributed by atoms with van der Waals surface area (Å²) in [4.78, 5) is 12.9. The number of benzene rings is 4. The van der Waals surface area contributed by atoms with Crippen LogP contribution in [0.5, 0.6) is 28.7 Å². The molecule has 0 radical (unpaired) electrons. The van der Waals surface area contributed by atoms with Crippen LogP contribution < -0.4 is 29.4 Å². The minimum atomic E-state index is -0.549. The second kappa shape index (κ2) is 14.6. The predicted octanol–water partition coefficient (Wildman–Crippen LogP) is 7.93. The molecule has 1 atom stereocenters. The molecule has 2 N–H and O–H groups in total. The molecule has 1 unspecified atom stereocenters. The van der Waals surface area contributed by atoms with Crippen molar-refractivity contribution < 1.29 is 28.5 Å². The van der Waals surface area contributed by atoms with Gasteiger partial charge in [0.1, 0.15) is 35.5 Å². The van der Waals surface area contributed by atoms with Crippen molar-refractivity contribution in [3.63, 3.8) is 0 Å². The summed E-state index contributed by atoms with van der Waals surface area (Å²) in [5.74, 6) is 1.27. The van der Waals surface area contributed by atoms with E-state index in [0.29, 0.717) is 52.4 Å². The van der Waals surface area contributed by atoms with Crippen molar-refractivity contribution >= 4 is 17.6 Å². The van der Waals surface area contributed by atoms with Gasteiger partial charge >= 0.3 is 5.97 Å². The topological polar surface area (TPSA) is 113 Å². The van der Waals surface area contributed by atoms with Gasteiger partial charge in [-0.15, -0.1) is 0 Å². The third-order valence-corrected chi connectivity index (χ3v) is 7.59. The average molecular weight is 625 g/mol. The number of ether oxygens (including phenoxy) is 5. The van der Waals surface area contributed by atoms with Gasteiger partial charge < -0.3 is 29.4 Å². The van der Waals surface area contributed by atoms with Crippen molar-refractivity contribution in [2.75, 3.05) is 13.7 Å². The Balaban J connectivity index is 1.33. The molecular weight excluding hydrogens is 592 g/mol. The summed E-state index contributed by atoms with van der Waals surface area (Å²) < 4.78 is 28.8. The van der Waals surface area contributed by atoms with Crippen molar-refractivity contribution in [2.45, 2.75) is 38.7 Å². The second-order valence-electron chi connectivity index (χ2n) is 10.4. The number of carbonyl (C=O) groups is 1. The summed E-state index contributed by atoms with van der Waals surface area (Å²) in [5.41, 5.74) is 9.22. The first-order valence-electron chi connectivity index (χ1n) is 14.6. The third-order valence-electron chi connectivity index (χ3n) is 7.34. The molecule has 0 aliphatic carbocycles. The molecule has 4 aromatic rings. The van der Waals surface area contributed by atoms with Gasteiger partial charge in [-0.2, -0.15) is 5.26 Å². The molecule has 0 saturated heterocycles. The number of unbranched alkanes of at least 4 members (excludes halogenated alkanes) is 2. The lowest BCUT2D eigenvalue weighted by atomic mass is 9.83. The Bertz CT molecular complexity index is 1730. The number of nitrogens with zero attached hydrogens (tertiary/aromatic N) is 1. The van der Waals surface area contributed by atoms with Gasteiger partial charge in [0.25, 0.3) is 0 Å². The van der Waals surface area contributed by atoms with Crippen molar-refractivity contribution in [1.82, 2.24) is 0 Å². The average Bonchev–Trinajstić information content (AvgIpc) is 3.06. The van der Waals surface area contributed by atoms with Crippen LogP contribution in [0, 0.1) is 11.3 Å². The Morgan fingerprint density at radius 1 is 0.933 bits per heavy atom. The van der Waals surface area contributed by atoms with Crippen LogP contribution in [0.15, 0.2) is 96.4 Å². The Kier molecular flexibility index (Phi) is 10.1. The van der Waals surface area contributed by atoms with Gasteiger partial charge in [-0.3, -0.25) is 0 Å². The molecule has 45 heavy (non-hydrogen) atoms. The van der Waals surface area contributed by atoms with Gasteiger partial charge in [0.2, 0.25) is 5.88 Å². The number of fused-ring (bicyclic) bond motifs is 1. The van der Waals surface area contributed by atoms with Crippen LogP contribution in [-0.4, -0.2) is 19.7 Å². The summed E-state index contributed by atoms with van der Waals surface area (Å²) in [6.45, 7) is 3.09. The molecule has 0 amide bonds. The van der Waals surface area contributed by atoms with E-state index in [2.05, 4.69) is 13.0 Å². The smallest absolute Gasteiger partial charge is 0.343 e. The quantitative estimate of drug-likeness (QED) is 0.0960. The molecule has 0 fully saturated rings. The first-order valence-corrected chi connectivity index (χ1v) is 15.0. The lowest BCUT2D eigenvalue weighted by Crippen LogP contribution is -2.21. The Morgan fingerprint density at radius 2 is 1.69 bits per heavy atom. The standard InChI is InChI=1S/C36H33ClN2O6/c1-3-4-5-18-42-27-13-8-24(9-14-27)36(40)44-28-15-16-29-32(20-28)45-35(39)30(21-38)34(29)25-10-17-31(33(19-25)41-2)43-22-23-6-11-26(37)12-7-23/h6-17,19-20,34H,3-5,18,22,39H2,1-2H3. The van der Waals surface area contributed by atoms with E-state index in [0.717, 1.165) is 30.4 Å². The van der Waals surface area contributed by atoms with E-state index in [1.54, 1.807) is 67.8 Å². The first kappa shape index (κ1) is 31.3. The third kappa shape index (κ3) is 7.51. The van der Waals surface area contributed by atoms with Crippen LogP contribution in [0.1, 0.15) is 59.2 Å². The van der Waals surface area contributed by atoms with Crippen LogP contribution >= 0.6 is 11.6 Å². The number of allylic oxidation sites excluding steroid dienone is 1. The number of methoxy groups -OCH3 is 1. The van der Waals surface area contributed by atoms with E-state index in [1.165, 1.54) is 0 Å². The summed E-state index contributed by atoms with van der Waals surface area (Å²) in [6.07, 6.45) is 3.21. The molecule has 0 saturated carbocycles. The molecule has 1 aliphatic heterocycles. The van der Waals surface area contributed by atoms with Crippen LogP contribution in [0.2, 0.25) is 5.02 Å². The molecule has 4 aromatic carbocycles. The van der Waals surface area contributed by atoms with Gasteiger partial charge in [-0.1, -0.05) is 55.6 Å². The highest BCUT2D eigenvalue weighted by Gasteiger charge is 2.32. The monoisotopic (exact) mass is 624 g/mol. The number of nitrogens with two attached hydrogens (primary N) is 1. The highest BCUT2D eigenvalue weighted by molar-refractivity contribution is 6.30. The lowest BCUT2D eigenvalue weighted by molar-refractivity contribution is 0.0734. The Morgan fingerprint density at radius 3 is 2.40 bits per heavy atom. The maximum Gasteiger partial charge on any atom is 0.343 e. The molecule has 1 heterocycles. The van der Waals surface area contributed by atoms with Gasteiger partial charge in [0, 0.05) is 16.7 Å². The lowest BCUT2D eigenvalue weighted by Gasteiger charge is -2.27. The molecule has 0 spiro atoms. The van der Waals surface area contributed by atoms with Gasteiger partial charge in [0.05, 0.1) is 25.2 Å². The Labute approximate surface area is 267 Å². The van der Waals surface area contributed by atoms with Crippen LogP contribution in [0.3, 0.4) is 0 Å². The zero-order valence-electron chi connectivity index (χ0n) is 25.0. The SMILES string of the molecule is CCCCCOc1ccc(C(=O)Oc2ccc3c(c2)OC(N)=C(C#N)C3c2ccc(OCc3ccc(Cl)cc3)c(OC)c2)cc1. The minimum absolute atomic E-state index is 0.0324. The van der Waals surface area contributed by atoms with E-state index in [9.17, 15) is 10.1 Å². The maximum atomic E-state index is 12.9. The number of carbonyl (C=O) groups excluding carboxylic acids is 1. The van der Waals surface area contributed by atoms with Gasteiger partial charge in [-0.25, -0.2) is 4.79 Å². The van der Waals surface area contributed by atoms with E-state index in [1.807, 2.05) is 24.3 Å². The molecule has 5 rings (SSSR count). The number of rotatable bonds is 12. The molecule has 9 heteroatoms. The number of hydrogen-bond donors (Lipinski definition) is 1. The molecular formula is C36H33ClN2O6. The largest absolute Gasteiger partial charge is 0.494 e. The molecule has 8 nitrogen and oxygen atoms in total. The van der Waals surface area contributed by atoms with Gasteiger partial charge in [-0.05, 0) is 72.1 Å². The first-order chi connectivity index (χ1) is 21.9. The van der Waals surface area contributed by atoms with E-state index >= 15 is 0 Å². The second-order valence-corrected chi connectivity index (χ2v) is 10.9. The maximum absolute atomic E-state index is 12.9. The van der Waals surface area contributed by atoms with Crippen molar-refractivity contribution in [3.05, 3.63) is 124 Å². The molecule has 0 aromatic heterocycles. The number of halogens is 1. The number of esters is 1. The molecule has 230 valence electrons. The zero-order chi connectivity index (χ0) is 31.8. The summed E-state index contributed by atoms with van der Waals surface area (Å²) in [5, 5.41) is 10.7. The highest BCUT2D eigenvalue weighted by Crippen LogP contribution is 2.45. The van der Waals surface area contributed by atoms with Gasteiger partial charge in [0.15, 0.2) is 11.5 Å². The van der Waals surface area contributed by atoms with Crippen LogP contribution in [0.25, 0.3) is 0 Å². The summed E-state index contributed by atoms with van der Waals surface area (Å²) in [7, 11) is 1.55. The number of nitriles is 1.